The van der Waals surface area contributed by atoms with Crippen molar-refractivity contribution < 1.29 is 14.3 Å². The number of rotatable bonds is 4. The molecule has 0 bridgehead atoms. The molecule has 2 fully saturated rings. The van der Waals surface area contributed by atoms with Gasteiger partial charge in [0.1, 0.15) is 6.29 Å². The van der Waals surface area contributed by atoms with Gasteiger partial charge in [-0.25, -0.2) is 0 Å². The Balaban J connectivity index is 1.63. The zero-order valence-corrected chi connectivity index (χ0v) is 17.7. The van der Waals surface area contributed by atoms with Crippen LogP contribution in [0.2, 0.25) is 0 Å². The molecule has 0 saturated heterocycles. The lowest BCUT2D eigenvalue weighted by molar-refractivity contribution is -0.0483. The topological polar surface area (TPSA) is 35.5 Å². The van der Waals surface area contributed by atoms with Crippen molar-refractivity contribution in [3.63, 3.8) is 0 Å². The molecule has 0 aromatic heterocycles. The maximum absolute atomic E-state index is 11.2. The summed E-state index contributed by atoms with van der Waals surface area (Å²) in [6, 6.07) is 8.33. The predicted molar refractivity (Wildman–Crippen MR) is 114 cm³/mol. The summed E-state index contributed by atoms with van der Waals surface area (Å²) in [7, 11) is 0. The van der Waals surface area contributed by atoms with Gasteiger partial charge in [-0.05, 0) is 73.0 Å². The second kappa shape index (κ2) is 7.43. The lowest BCUT2D eigenvalue weighted by Crippen LogP contribution is -2.45. The minimum absolute atomic E-state index is 0.227. The molecular formula is C26H32O3. The number of fused-ring (bicyclic) bond motifs is 4. The number of carbonyl (C=O) groups excluding carboxylic acids is 1. The number of allylic oxidation sites excluding steroid dienone is 2. The molecule has 154 valence electrons. The fourth-order valence-corrected chi connectivity index (χ4v) is 6.97. The van der Waals surface area contributed by atoms with Crippen LogP contribution < -0.4 is 0 Å². The van der Waals surface area contributed by atoms with Gasteiger partial charge in [-0.15, -0.1) is 0 Å². The van der Waals surface area contributed by atoms with E-state index in [1.807, 2.05) is 18.4 Å². The molecule has 0 spiro atoms. The Morgan fingerprint density at radius 2 is 2.00 bits per heavy atom. The van der Waals surface area contributed by atoms with E-state index in [1.54, 1.807) is 11.1 Å². The summed E-state index contributed by atoms with van der Waals surface area (Å²) in [4.78, 5) is 11.2. The van der Waals surface area contributed by atoms with Gasteiger partial charge < -0.3 is 9.47 Å². The molecule has 1 aromatic rings. The van der Waals surface area contributed by atoms with Gasteiger partial charge in [-0.1, -0.05) is 36.8 Å². The zero-order chi connectivity index (χ0) is 20.0. The van der Waals surface area contributed by atoms with Gasteiger partial charge in [-0.2, -0.15) is 0 Å². The van der Waals surface area contributed by atoms with Gasteiger partial charge >= 0.3 is 0 Å². The third-order valence-corrected chi connectivity index (χ3v) is 8.23. The Morgan fingerprint density at radius 1 is 1.17 bits per heavy atom. The summed E-state index contributed by atoms with van der Waals surface area (Å²) in [6.07, 6.45) is 10.4. The van der Waals surface area contributed by atoms with Gasteiger partial charge in [0, 0.05) is 24.5 Å². The zero-order valence-electron chi connectivity index (χ0n) is 17.7. The van der Waals surface area contributed by atoms with Crippen molar-refractivity contribution in [1.29, 1.82) is 0 Å². The first-order chi connectivity index (χ1) is 14.2. The number of carbonyl (C=O) groups is 1. The Kier molecular flexibility index (Phi) is 4.90. The number of hydrogen-bond donors (Lipinski definition) is 0. The first-order valence-corrected chi connectivity index (χ1v) is 11.4. The van der Waals surface area contributed by atoms with E-state index in [0.717, 1.165) is 50.2 Å². The molecule has 29 heavy (non-hydrogen) atoms. The van der Waals surface area contributed by atoms with Gasteiger partial charge in [-0.3, -0.25) is 4.79 Å². The quantitative estimate of drug-likeness (QED) is 0.606. The maximum Gasteiger partial charge on any atom is 0.150 e. The third kappa shape index (κ3) is 3.01. The van der Waals surface area contributed by atoms with E-state index in [-0.39, 0.29) is 5.41 Å². The minimum Gasteiger partial charge on any atom is -0.501 e. The standard InChI is InChI=1S/C26H32O3/c1-3-29-24-11-10-23-21-9-8-19-16-28-13-12-20(19)25(21)22(14-26(23,24)2)18-6-4-17(15-27)5-7-18/h4-7,15-16,21-24H,3,8-14H2,1-2H3/t21?,22-,23?,24+,26+/m1/s1. The molecule has 3 nitrogen and oxygen atoms in total. The van der Waals surface area contributed by atoms with Crippen LogP contribution in [-0.2, 0) is 9.47 Å². The van der Waals surface area contributed by atoms with Crippen molar-refractivity contribution in [2.24, 2.45) is 17.3 Å². The molecule has 1 aliphatic heterocycles. The molecule has 2 unspecified atom stereocenters. The number of ether oxygens (including phenoxy) is 2. The number of aldehydes is 1. The summed E-state index contributed by atoms with van der Waals surface area (Å²) in [5.41, 5.74) is 7.04. The maximum atomic E-state index is 11.2. The minimum atomic E-state index is 0.227. The Bertz CT molecular complexity index is 849. The van der Waals surface area contributed by atoms with E-state index < -0.39 is 0 Å². The van der Waals surface area contributed by atoms with E-state index in [9.17, 15) is 4.79 Å². The second-order valence-corrected chi connectivity index (χ2v) is 9.52. The molecule has 0 amide bonds. The molecule has 3 heteroatoms. The highest BCUT2D eigenvalue weighted by molar-refractivity contribution is 5.74. The molecule has 1 heterocycles. The van der Waals surface area contributed by atoms with Crippen LogP contribution in [-0.4, -0.2) is 25.6 Å². The molecule has 0 radical (unpaired) electrons. The van der Waals surface area contributed by atoms with E-state index in [4.69, 9.17) is 9.47 Å². The second-order valence-electron chi connectivity index (χ2n) is 9.52. The van der Waals surface area contributed by atoms with Gasteiger partial charge in [0.25, 0.3) is 0 Å². The van der Waals surface area contributed by atoms with Crippen LogP contribution in [0.15, 0.2) is 47.2 Å². The van der Waals surface area contributed by atoms with Crippen LogP contribution in [0, 0.1) is 17.3 Å². The average Bonchev–Trinajstić information content (AvgIpc) is 3.09. The number of hydrogen-bond acceptors (Lipinski definition) is 3. The van der Waals surface area contributed by atoms with Crippen molar-refractivity contribution in [3.05, 3.63) is 58.4 Å². The van der Waals surface area contributed by atoms with Crippen molar-refractivity contribution in [1.82, 2.24) is 0 Å². The molecule has 5 rings (SSSR count). The SMILES string of the molecule is CCO[C@H]1CCC2C3CCC4=COCCC4=C3[C@@H](c3ccc(C=O)cc3)C[C@@]21C. The predicted octanol–water partition coefficient (Wildman–Crippen LogP) is 5.82. The van der Waals surface area contributed by atoms with Gasteiger partial charge in [0.2, 0.25) is 0 Å². The Labute approximate surface area is 174 Å². The fraction of sp³-hybridized carbons (Fsp3) is 0.577. The normalized spacial score (nSPS) is 35.9. The molecular weight excluding hydrogens is 360 g/mol. The van der Waals surface area contributed by atoms with E-state index >= 15 is 0 Å². The number of benzene rings is 1. The van der Waals surface area contributed by atoms with Crippen molar-refractivity contribution in [2.45, 2.75) is 64.4 Å². The Hall–Kier alpha value is -1.87. The van der Waals surface area contributed by atoms with Crippen LogP contribution in [0.25, 0.3) is 0 Å². The fourth-order valence-electron chi connectivity index (χ4n) is 6.97. The van der Waals surface area contributed by atoms with Crippen molar-refractivity contribution in [3.8, 4) is 0 Å². The van der Waals surface area contributed by atoms with E-state index in [0.29, 0.717) is 17.9 Å². The summed E-state index contributed by atoms with van der Waals surface area (Å²) < 4.78 is 12.0. The smallest absolute Gasteiger partial charge is 0.150 e. The van der Waals surface area contributed by atoms with Crippen molar-refractivity contribution in [2.75, 3.05) is 13.2 Å². The molecule has 2 saturated carbocycles. The molecule has 4 aliphatic rings. The summed E-state index contributed by atoms with van der Waals surface area (Å²) in [5.74, 6) is 1.79. The van der Waals surface area contributed by atoms with Crippen LogP contribution in [0.5, 0.6) is 0 Å². The molecule has 0 N–H and O–H groups in total. The lowest BCUT2D eigenvalue weighted by Gasteiger charge is -2.52. The highest BCUT2D eigenvalue weighted by atomic mass is 16.5. The summed E-state index contributed by atoms with van der Waals surface area (Å²) >= 11 is 0. The highest BCUT2D eigenvalue weighted by Crippen LogP contribution is 2.64. The molecule has 3 aliphatic carbocycles. The van der Waals surface area contributed by atoms with Crippen LogP contribution in [0.4, 0.5) is 0 Å². The van der Waals surface area contributed by atoms with Gasteiger partial charge in [0.05, 0.1) is 19.0 Å². The summed E-state index contributed by atoms with van der Waals surface area (Å²) in [5, 5.41) is 0. The van der Waals surface area contributed by atoms with Crippen LogP contribution in [0.1, 0.15) is 74.2 Å². The third-order valence-electron chi connectivity index (χ3n) is 8.23. The van der Waals surface area contributed by atoms with Crippen LogP contribution >= 0.6 is 0 Å². The van der Waals surface area contributed by atoms with E-state index in [2.05, 4.69) is 26.0 Å². The van der Waals surface area contributed by atoms with Crippen molar-refractivity contribution >= 4 is 6.29 Å². The van der Waals surface area contributed by atoms with Gasteiger partial charge in [0.15, 0.2) is 0 Å². The van der Waals surface area contributed by atoms with E-state index in [1.165, 1.54) is 30.4 Å². The Morgan fingerprint density at radius 3 is 2.76 bits per heavy atom. The highest BCUT2D eigenvalue weighted by Gasteiger charge is 2.56. The first kappa shape index (κ1) is 19.1. The largest absolute Gasteiger partial charge is 0.501 e. The lowest BCUT2D eigenvalue weighted by atomic mass is 9.53. The molecule has 1 aromatic carbocycles. The summed E-state index contributed by atoms with van der Waals surface area (Å²) in [6.45, 7) is 6.22. The average molecular weight is 393 g/mol. The monoisotopic (exact) mass is 392 g/mol. The molecule has 5 atom stereocenters. The van der Waals surface area contributed by atoms with Crippen LogP contribution in [0.3, 0.4) is 0 Å². The first-order valence-electron chi connectivity index (χ1n) is 11.4.